The van der Waals surface area contributed by atoms with Crippen LogP contribution in [0.2, 0.25) is 0 Å². The number of nitrogens with zero attached hydrogens (tertiary/aromatic N) is 1. The zero-order valence-electron chi connectivity index (χ0n) is 6.72. The van der Waals surface area contributed by atoms with E-state index in [2.05, 4.69) is 16.6 Å². The van der Waals surface area contributed by atoms with E-state index < -0.39 is 0 Å². The van der Waals surface area contributed by atoms with E-state index >= 15 is 0 Å². The lowest BCUT2D eigenvalue weighted by Gasteiger charge is -1.95. The van der Waals surface area contributed by atoms with E-state index in [1.54, 1.807) is 6.08 Å². The lowest BCUT2D eigenvalue weighted by atomic mass is 10.2. The van der Waals surface area contributed by atoms with Crippen molar-refractivity contribution in [2.45, 2.75) is 13.8 Å². The highest BCUT2D eigenvalue weighted by atomic mass is 16.6. The fourth-order valence-electron chi connectivity index (χ4n) is 0.506. The molecule has 0 saturated carbocycles. The Kier molecular flexibility index (Phi) is 4.29. The molecule has 0 aliphatic heterocycles. The monoisotopic (exact) mass is 139 g/mol. The van der Waals surface area contributed by atoms with Gasteiger partial charge in [0.1, 0.15) is 7.11 Å². The molecule has 56 valence electrons. The molecule has 0 aromatic rings. The summed E-state index contributed by atoms with van der Waals surface area (Å²) in [6, 6.07) is 0. The van der Waals surface area contributed by atoms with Crippen molar-refractivity contribution in [3.05, 3.63) is 24.3 Å². The number of hydrogen-bond donors (Lipinski definition) is 0. The molecule has 0 N–H and O–H groups in total. The van der Waals surface area contributed by atoms with Crippen molar-refractivity contribution in [2.24, 2.45) is 5.16 Å². The summed E-state index contributed by atoms with van der Waals surface area (Å²) in [6.45, 7) is 7.42. The van der Waals surface area contributed by atoms with Crippen LogP contribution < -0.4 is 0 Å². The highest BCUT2D eigenvalue weighted by Gasteiger charge is 1.91. The molecule has 0 bridgehead atoms. The van der Waals surface area contributed by atoms with Crippen LogP contribution in [-0.2, 0) is 4.84 Å². The number of oxime groups is 1. The van der Waals surface area contributed by atoms with Gasteiger partial charge < -0.3 is 4.84 Å². The Morgan fingerprint density at radius 3 is 2.50 bits per heavy atom. The third kappa shape index (κ3) is 3.07. The Balaban J connectivity index is 4.19. The molecule has 0 saturated heterocycles. The van der Waals surface area contributed by atoms with Crippen molar-refractivity contribution in [3.63, 3.8) is 0 Å². The average Bonchev–Trinajstić information content (AvgIpc) is 1.89. The van der Waals surface area contributed by atoms with E-state index in [-0.39, 0.29) is 0 Å². The zero-order valence-corrected chi connectivity index (χ0v) is 6.72. The maximum atomic E-state index is 4.58. The van der Waals surface area contributed by atoms with Crippen LogP contribution in [0, 0.1) is 0 Å². The highest BCUT2D eigenvalue weighted by Crippen LogP contribution is 1.96. The van der Waals surface area contributed by atoms with Gasteiger partial charge in [0.15, 0.2) is 0 Å². The SMILES string of the molecule is C=C/C=C(C)/C(C)=N/OC. The molecule has 0 aromatic carbocycles. The maximum absolute atomic E-state index is 4.58. The third-order valence-corrected chi connectivity index (χ3v) is 1.17. The maximum Gasteiger partial charge on any atom is 0.106 e. The first kappa shape index (κ1) is 8.95. The Bertz CT molecular complexity index is 168. The first-order valence-electron chi connectivity index (χ1n) is 3.09. The first-order chi connectivity index (χ1) is 4.72. The summed E-state index contributed by atoms with van der Waals surface area (Å²) in [4.78, 5) is 4.58. The van der Waals surface area contributed by atoms with E-state index in [0.29, 0.717) is 0 Å². The highest BCUT2D eigenvalue weighted by molar-refractivity contribution is 5.97. The standard InChI is InChI=1S/C8H13NO/c1-5-6-7(2)8(3)9-10-4/h5-6H,1H2,2-4H3/b7-6+,9-8+. The number of hydrogen-bond acceptors (Lipinski definition) is 2. The Morgan fingerprint density at radius 2 is 2.10 bits per heavy atom. The molecule has 0 heterocycles. The van der Waals surface area contributed by atoms with E-state index in [9.17, 15) is 0 Å². The van der Waals surface area contributed by atoms with Gasteiger partial charge in [0.05, 0.1) is 5.71 Å². The van der Waals surface area contributed by atoms with Gasteiger partial charge in [-0.25, -0.2) is 0 Å². The summed E-state index contributed by atoms with van der Waals surface area (Å²) in [5, 5.41) is 3.74. The molecule has 0 aliphatic carbocycles. The van der Waals surface area contributed by atoms with Crippen LogP contribution in [0.4, 0.5) is 0 Å². The minimum absolute atomic E-state index is 0.877. The van der Waals surface area contributed by atoms with Gasteiger partial charge in [-0.2, -0.15) is 0 Å². The van der Waals surface area contributed by atoms with Crippen molar-refractivity contribution in [1.82, 2.24) is 0 Å². The van der Waals surface area contributed by atoms with E-state index in [1.807, 2.05) is 19.9 Å². The van der Waals surface area contributed by atoms with Crippen LogP contribution >= 0.6 is 0 Å². The van der Waals surface area contributed by atoms with Crippen LogP contribution in [-0.4, -0.2) is 12.8 Å². The summed E-state index contributed by atoms with van der Waals surface area (Å²) < 4.78 is 0. The van der Waals surface area contributed by atoms with Crippen molar-refractivity contribution in [2.75, 3.05) is 7.11 Å². The Hall–Kier alpha value is -1.05. The molecule has 0 spiro atoms. The molecule has 2 heteroatoms. The summed E-state index contributed by atoms with van der Waals surface area (Å²) in [7, 11) is 1.53. The molecular formula is C8H13NO. The van der Waals surface area contributed by atoms with Crippen molar-refractivity contribution in [3.8, 4) is 0 Å². The van der Waals surface area contributed by atoms with Gasteiger partial charge in [-0.05, 0) is 19.4 Å². The minimum atomic E-state index is 0.877. The second kappa shape index (κ2) is 4.79. The largest absolute Gasteiger partial charge is 0.399 e. The predicted molar refractivity (Wildman–Crippen MR) is 44.1 cm³/mol. The lowest BCUT2D eigenvalue weighted by Crippen LogP contribution is -1.92. The quantitative estimate of drug-likeness (QED) is 0.333. The van der Waals surface area contributed by atoms with Crippen LogP contribution in [0.15, 0.2) is 29.5 Å². The summed E-state index contributed by atoms with van der Waals surface area (Å²) in [6.07, 6.45) is 3.61. The average molecular weight is 139 g/mol. The Morgan fingerprint density at radius 1 is 1.50 bits per heavy atom. The van der Waals surface area contributed by atoms with Crippen LogP contribution in [0.25, 0.3) is 0 Å². The van der Waals surface area contributed by atoms with Crippen LogP contribution in [0.1, 0.15) is 13.8 Å². The van der Waals surface area contributed by atoms with Gasteiger partial charge in [0, 0.05) is 0 Å². The second-order valence-electron chi connectivity index (χ2n) is 1.94. The zero-order chi connectivity index (χ0) is 7.98. The van der Waals surface area contributed by atoms with Gasteiger partial charge >= 0.3 is 0 Å². The molecule has 10 heavy (non-hydrogen) atoms. The molecular weight excluding hydrogens is 126 g/mol. The van der Waals surface area contributed by atoms with Gasteiger partial charge in [-0.15, -0.1) is 0 Å². The topological polar surface area (TPSA) is 21.6 Å². The van der Waals surface area contributed by atoms with E-state index in [1.165, 1.54) is 7.11 Å². The van der Waals surface area contributed by atoms with Crippen LogP contribution in [0.3, 0.4) is 0 Å². The lowest BCUT2D eigenvalue weighted by molar-refractivity contribution is 0.213. The second-order valence-corrected chi connectivity index (χ2v) is 1.94. The van der Waals surface area contributed by atoms with Gasteiger partial charge in [-0.3, -0.25) is 0 Å². The molecule has 0 aromatic heterocycles. The molecule has 0 amide bonds. The minimum Gasteiger partial charge on any atom is -0.399 e. The normalized spacial score (nSPS) is 13.1. The summed E-state index contributed by atoms with van der Waals surface area (Å²) in [5.41, 5.74) is 1.94. The van der Waals surface area contributed by atoms with Gasteiger partial charge in [0.2, 0.25) is 0 Å². The molecule has 0 aliphatic rings. The Labute approximate surface area is 61.9 Å². The third-order valence-electron chi connectivity index (χ3n) is 1.17. The molecule has 0 unspecified atom stereocenters. The summed E-state index contributed by atoms with van der Waals surface area (Å²) in [5.74, 6) is 0. The molecule has 0 radical (unpaired) electrons. The van der Waals surface area contributed by atoms with Crippen molar-refractivity contribution < 1.29 is 4.84 Å². The summed E-state index contributed by atoms with van der Waals surface area (Å²) >= 11 is 0. The smallest absolute Gasteiger partial charge is 0.106 e. The number of allylic oxidation sites excluding steroid dienone is 3. The predicted octanol–water partition coefficient (Wildman–Crippen LogP) is 2.14. The van der Waals surface area contributed by atoms with Crippen molar-refractivity contribution in [1.29, 1.82) is 0 Å². The van der Waals surface area contributed by atoms with E-state index in [0.717, 1.165) is 11.3 Å². The van der Waals surface area contributed by atoms with Crippen molar-refractivity contribution >= 4 is 5.71 Å². The fourth-order valence-corrected chi connectivity index (χ4v) is 0.506. The molecule has 2 nitrogen and oxygen atoms in total. The molecule has 0 fully saturated rings. The molecule has 0 atom stereocenters. The first-order valence-corrected chi connectivity index (χ1v) is 3.09. The fraction of sp³-hybridized carbons (Fsp3) is 0.375. The molecule has 0 rings (SSSR count). The van der Waals surface area contributed by atoms with Gasteiger partial charge in [0.25, 0.3) is 0 Å². The number of rotatable bonds is 3. The van der Waals surface area contributed by atoms with Crippen LogP contribution in [0.5, 0.6) is 0 Å². The van der Waals surface area contributed by atoms with Gasteiger partial charge in [-0.1, -0.05) is 23.9 Å². The van der Waals surface area contributed by atoms with E-state index in [4.69, 9.17) is 0 Å².